The number of aliphatic carboxylic acids is 1. The first-order chi connectivity index (χ1) is 15.4. The van der Waals surface area contributed by atoms with E-state index in [0.29, 0.717) is 36.8 Å². The molecule has 2 aromatic carbocycles. The first-order valence-corrected chi connectivity index (χ1v) is 10.7. The number of carboxylic acid groups (broad SMARTS) is 1. The van der Waals surface area contributed by atoms with Crippen molar-refractivity contribution in [2.24, 2.45) is 0 Å². The summed E-state index contributed by atoms with van der Waals surface area (Å²) in [4.78, 5) is 15.2. The van der Waals surface area contributed by atoms with Crippen molar-refractivity contribution in [3.8, 4) is 23.1 Å². The summed E-state index contributed by atoms with van der Waals surface area (Å²) >= 11 is 0. The number of hydrogen-bond donors (Lipinski definition) is 1. The number of rotatable bonds is 11. The van der Waals surface area contributed by atoms with Crippen molar-refractivity contribution in [2.45, 2.75) is 46.1 Å². The lowest BCUT2D eigenvalue weighted by atomic mass is 10.0. The van der Waals surface area contributed by atoms with Crippen LogP contribution < -0.4 is 14.2 Å². The van der Waals surface area contributed by atoms with E-state index in [1.807, 2.05) is 81.4 Å². The molecule has 0 amide bonds. The Bertz CT molecular complexity index is 1040. The van der Waals surface area contributed by atoms with Gasteiger partial charge < -0.3 is 19.3 Å². The fraction of sp³-hybridized carbons (Fsp3) is 0.308. The summed E-state index contributed by atoms with van der Waals surface area (Å²) in [7, 11) is 0. The molecule has 1 unspecified atom stereocenters. The number of para-hydroxylation sites is 1. The minimum absolute atomic E-state index is 0.103. The quantitative estimate of drug-likeness (QED) is 0.414. The molecule has 0 saturated carbocycles. The van der Waals surface area contributed by atoms with Gasteiger partial charge in [-0.15, -0.1) is 0 Å². The van der Waals surface area contributed by atoms with Crippen LogP contribution in [0.25, 0.3) is 0 Å². The SMILES string of the molecule is Cc1ccc(OC(C)CCOc2ccc(CCC(=O)O)c(C)c2)c(Oc2ccccc2)n1. The number of hydrogen-bond acceptors (Lipinski definition) is 5. The fourth-order valence-corrected chi connectivity index (χ4v) is 3.18. The predicted molar refractivity (Wildman–Crippen MR) is 123 cm³/mol. The molecule has 0 spiro atoms. The number of benzene rings is 2. The van der Waals surface area contributed by atoms with Crippen molar-refractivity contribution in [3.63, 3.8) is 0 Å². The number of nitrogens with zero attached hydrogens (tertiary/aromatic N) is 1. The second-order valence-electron chi connectivity index (χ2n) is 7.72. The Hall–Kier alpha value is -3.54. The van der Waals surface area contributed by atoms with Crippen molar-refractivity contribution >= 4 is 5.97 Å². The minimum atomic E-state index is -0.792. The first-order valence-electron chi connectivity index (χ1n) is 10.7. The minimum Gasteiger partial charge on any atom is -0.493 e. The normalized spacial score (nSPS) is 11.6. The number of aromatic nitrogens is 1. The maximum atomic E-state index is 10.8. The highest BCUT2D eigenvalue weighted by Crippen LogP contribution is 2.30. The zero-order valence-electron chi connectivity index (χ0n) is 18.7. The maximum Gasteiger partial charge on any atom is 0.303 e. The molecular weight excluding hydrogens is 406 g/mol. The molecule has 6 nitrogen and oxygen atoms in total. The second kappa shape index (κ2) is 11.2. The van der Waals surface area contributed by atoms with Crippen LogP contribution >= 0.6 is 0 Å². The van der Waals surface area contributed by atoms with Gasteiger partial charge in [-0.25, -0.2) is 4.98 Å². The Kier molecular flexibility index (Phi) is 8.08. The average Bonchev–Trinajstić information content (AvgIpc) is 2.76. The zero-order valence-corrected chi connectivity index (χ0v) is 18.7. The molecule has 0 aliphatic rings. The van der Waals surface area contributed by atoms with Gasteiger partial charge in [0.25, 0.3) is 5.88 Å². The van der Waals surface area contributed by atoms with Gasteiger partial charge in [0.15, 0.2) is 5.75 Å². The van der Waals surface area contributed by atoms with Crippen LogP contribution in [0.5, 0.6) is 23.1 Å². The highest BCUT2D eigenvalue weighted by molar-refractivity contribution is 5.67. The molecule has 0 bridgehead atoms. The number of ether oxygens (including phenoxy) is 3. The van der Waals surface area contributed by atoms with Gasteiger partial charge in [0.05, 0.1) is 12.7 Å². The molecule has 0 radical (unpaired) electrons. The molecule has 0 aliphatic carbocycles. The fourth-order valence-electron chi connectivity index (χ4n) is 3.18. The smallest absolute Gasteiger partial charge is 0.303 e. The van der Waals surface area contributed by atoms with Gasteiger partial charge >= 0.3 is 5.97 Å². The van der Waals surface area contributed by atoms with E-state index in [-0.39, 0.29) is 12.5 Å². The summed E-state index contributed by atoms with van der Waals surface area (Å²) in [5.74, 6) is 1.70. The monoisotopic (exact) mass is 435 g/mol. The molecule has 168 valence electrons. The molecular formula is C26H29NO5. The van der Waals surface area contributed by atoms with Crippen LogP contribution in [0, 0.1) is 13.8 Å². The Morgan fingerprint density at radius 2 is 1.81 bits per heavy atom. The largest absolute Gasteiger partial charge is 0.493 e. The average molecular weight is 436 g/mol. The number of aryl methyl sites for hydroxylation is 3. The van der Waals surface area contributed by atoms with Gasteiger partial charge in [-0.3, -0.25) is 4.79 Å². The molecule has 0 fully saturated rings. The lowest BCUT2D eigenvalue weighted by Crippen LogP contribution is -2.16. The van der Waals surface area contributed by atoms with Gasteiger partial charge in [-0.1, -0.05) is 24.3 Å². The van der Waals surface area contributed by atoms with E-state index < -0.39 is 5.97 Å². The van der Waals surface area contributed by atoms with E-state index in [2.05, 4.69) is 4.98 Å². The molecule has 6 heteroatoms. The van der Waals surface area contributed by atoms with E-state index in [1.54, 1.807) is 0 Å². The Balaban J connectivity index is 1.53. The molecule has 1 aromatic heterocycles. The molecule has 0 saturated heterocycles. The van der Waals surface area contributed by atoms with Gasteiger partial charge in [-0.2, -0.15) is 0 Å². The second-order valence-corrected chi connectivity index (χ2v) is 7.72. The van der Waals surface area contributed by atoms with Crippen molar-refractivity contribution < 1.29 is 24.1 Å². The van der Waals surface area contributed by atoms with Gasteiger partial charge in [0.1, 0.15) is 11.5 Å². The zero-order chi connectivity index (χ0) is 22.9. The van der Waals surface area contributed by atoms with Crippen molar-refractivity contribution in [3.05, 3.63) is 77.5 Å². The van der Waals surface area contributed by atoms with Crippen LogP contribution in [0.15, 0.2) is 60.7 Å². The Labute approximate surface area is 188 Å². The van der Waals surface area contributed by atoms with E-state index in [4.69, 9.17) is 19.3 Å². The van der Waals surface area contributed by atoms with Crippen LogP contribution in [-0.2, 0) is 11.2 Å². The van der Waals surface area contributed by atoms with Gasteiger partial charge in [0.2, 0.25) is 0 Å². The third kappa shape index (κ3) is 7.01. The van der Waals surface area contributed by atoms with Crippen LogP contribution in [-0.4, -0.2) is 28.8 Å². The lowest BCUT2D eigenvalue weighted by Gasteiger charge is -2.18. The molecule has 3 rings (SSSR count). The molecule has 1 N–H and O–H groups in total. The number of pyridine rings is 1. The lowest BCUT2D eigenvalue weighted by molar-refractivity contribution is -0.136. The summed E-state index contributed by atoms with van der Waals surface area (Å²) in [6.45, 7) is 6.35. The summed E-state index contributed by atoms with van der Waals surface area (Å²) in [5.41, 5.74) is 2.90. The number of carbonyl (C=O) groups is 1. The van der Waals surface area contributed by atoms with Gasteiger partial charge in [-0.05, 0) is 74.7 Å². The van der Waals surface area contributed by atoms with Crippen molar-refractivity contribution in [1.82, 2.24) is 4.98 Å². The van der Waals surface area contributed by atoms with Crippen LogP contribution in [0.3, 0.4) is 0 Å². The third-order valence-electron chi connectivity index (χ3n) is 4.97. The maximum absolute atomic E-state index is 10.8. The first kappa shape index (κ1) is 23.1. The third-order valence-corrected chi connectivity index (χ3v) is 4.97. The predicted octanol–water partition coefficient (Wildman–Crippen LogP) is 5.74. The molecule has 1 heterocycles. The molecule has 0 aliphatic heterocycles. The van der Waals surface area contributed by atoms with Crippen LogP contribution in [0.4, 0.5) is 0 Å². The Morgan fingerprint density at radius 3 is 2.53 bits per heavy atom. The number of carboxylic acids is 1. The van der Waals surface area contributed by atoms with Crippen molar-refractivity contribution in [2.75, 3.05) is 6.61 Å². The summed E-state index contributed by atoms with van der Waals surface area (Å²) in [6.07, 6.45) is 1.22. The van der Waals surface area contributed by atoms with Crippen molar-refractivity contribution in [1.29, 1.82) is 0 Å². The molecule has 1 atom stereocenters. The molecule has 3 aromatic rings. The van der Waals surface area contributed by atoms with Crippen LogP contribution in [0.1, 0.15) is 36.6 Å². The van der Waals surface area contributed by atoms with Gasteiger partial charge in [0, 0.05) is 18.5 Å². The molecule has 32 heavy (non-hydrogen) atoms. The standard InChI is InChI=1S/C26H29NO5/c1-18-17-23(12-10-21(18)11-14-25(28)29)30-16-15-20(3)31-24-13-9-19(2)27-26(24)32-22-7-5-4-6-8-22/h4-10,12-13,17,20H,11,14-16H2,1-3H3,(H,28,29). The summed E-state index contributed by atoms with van der Waals surface area (Å²) in [5, 5.41) is 8.85. The van der Waals surface area contributed by atoms with Crippen LogP contribution in [0.2, 0.25) is 0 Å². The Morgan fingerprint density at radius 1 is 1.03 bits per heavy atom. The summed E-state index contributed by atoms with van der Waals surface area (Å²) < 4.78 is 17.9. The van der Waals surface area contributed by atoms with E-state index in [1.165, 1.54) is 0 Å². The topological polar surface area (TPSA) is 77.9 Å². The van der Waals surface area contributed by atoms with E-state index in [9.17, 15) is 4.79 Å². The summed E-state index contributed by atoms with van der Waals surface area (Å²) in [6, 6.07) is 19.0. The van der Waals surface area contributed by atoms with E-state index >= 15 is 0 Å². The highest BCUT2D eigenvalue weighted by atomic mass is 16.5. The van der Waals surface area contributed by atoms with E-state index in [0.717, 1.165) is 22.6 Å². The highest BCUT2D eigenvalue weighted by Gasteiger charge is 2.13.